The van der Waals surface area contributed by atoms with Crippen LogP contribution >= 0.6 is 34.8 Å². The predicted octanol–water partition coefficient (Wildman–Crippen LogP) is 3.87. The van der Waals surface area contributed by atoms with Gasteiger partial charge in [0.1, 0.15) is 5.75 Å². The van der Waals surface area contributed by atoms with Gasteiger partial charge in [0.05, 0.1) is 5.02 Å². The zero-order valence-electron chi connectivity index (χ0n) is 10.1. The van der Waals surface area contributed by atoms with Crippen LogP contribution in [0.15, 0.2) is 48.1 Å². The van der Waals surface area contributed by atoms with Crippen molar-refractivity contribution in [1.29, 1.82) is 0 Å². The second-order valence-electron chi connectivity index (χ2n) is 4.17. The maximum absolute atomic E-state index is 11.7. The van der Waals surface area contributed by atoms with E-state index < -0.39 is 16.1 Å². The van der Waals surface area contributed by atoms with Gasteiger partial charge >= 0.3 is 0 Å². The Kier molecular flexibility index (Phi) is 4.53. The first-order valence-electron chi connectivity index (χ1n) is 5.67. The summed E-state index contributed by atoms with van der Waals surface area (Å²) >= 11 is 17.0. The average molecular weight is 332 g/mol. The minimum Gasteiger partial charge on any atom is -0.472 e. The van der Waals surface area contributed by atoms with E-state index in [1.165, 1.54) is 18.2 Å². The predicted molar refractivity (Wildman–Crippen MR) is 78.4 cm³/mol. The van der Waals surface area contributed by atoms with E-state index in [9.17, 15) is 9.59 Å². The normalized spacial score (nSPS) is 21.2. The number of carbonyl (C=O) groups excluding carboxylic acids is 2. The maximum atomic E-state index is 11.7. The summed E-state index contributed by atoms with van der Waals surface area (Å²) in [7, 11) is 0. The van der Waals surface area contributed by atoms with Gasteiger partial charge in [-0.15, -0.1) is 0 Å². The molecule has 0 N–H and O–H groups in total. The van der Waals surface area contributed by atoms with Crippen LogP contribution in [-0.2, 0) is 9.59 Å². The third kappa shape index (κ3) is 3.06. The first kappa shape index (κ1) is 15.1. The number of allylic oxidation sites excluding steroid dienone is 2. The van der Waals surface area contributed by atoms with Gasteiger partial charge < -0.3 is 4.74 Å². The Morgan fingerprint density at radius 1 is 1.20 bits per heavy atom. The van der Waals surface area contributed by atoms with E-state index in [1.54, 1.807) is 24.3 Å². The van der Waals surface area contributed by atoms with Gasteiger partial charge in [-0.2, -0.15) is 0 Å². The largest absolute Gasteiger partial charge is 0.472 e. The molecule has 1 aromatic rings. The summed E-state index contributed by atoms with van der Waals surface area (Å²) in [6, 6.07) is 6.73. The first-order valence-corrected chi connectivity index (χ1v) is 6.81. The maximum Gasteiger partial charge on any atom is 0.269 e. The molecule has 0 saturated heterocycles. The molecule has 1 aromatic carbocycles. The minimum atomic E-state index is -1.39. The highest BCUT2D eigenvalue weighted by atomic mass is 35.5. The number of rotatable bonds is 4. The third-order valence-corrected chi connectivity index (χ3v) is 3.70. The smallest absolute Gasteiger partial charge is 0.269 e. The Morgan fingerprint density at radius 3 is 2.40 bits per heavy atom. The van der Waals surface area contributed by atoms with E-state index in [2.05, 4.69) is 0 Å². The van der Waals surface area contributed by atoms with Gasteiger partial charge in [-0.3, -0.25) is 9.59 Å². The molecule has 0 aliphatic heterocycles. The van der Waals surface area contributed by atoms with E-state index >= 15 is 0 Å². The van der Waals surface area contributed by atoms with E-state index in [0.29, 0.717) is 16.3 Å². The third-order valence-electron chi connectivity index (χ3n) is 2.85. The van der Waals surface area contributed by atoms with Crippen molar-refractivity contribution < 1.29 is 14.3 Å². The Balaban J connectivity index is 2.31. The molecule has 20 heavy (non-hydrogen) atoms. The number of carbonyl (C=O) groups is 2. The molecule has 0 aromatic heterocycles. The van der Waals surface area contributed by atoms with Crippen LogP contribution in [0.25, 0.3) is 0 Å². The molecule has 3 nitrogen and oxygen atoms in total. The number of hydrogen-bond donors (Lipinski definition) is 0. The lowest BCUT2D eigenvalue weighted by atomic mass is 9.93. The zero-order valence-corrected chi connectivity index (χ0v) is 12.4. The first-order chi connectivity index (χ1) is 9.44. The molecule has 1 atom stereocenters. The Hall–Kier alpha value is -1.29. The fourth-order valence-electron chi connectivity index (χ4n) is 1.75. The van der Waals surface area contributed by atoms with E-state index in [4.69, 9.17) is 39.5 Å². The fourth-order valence-corrected chi connectivity index (χ4v) is 2.25. The second-order valence-corrected chi connectivity index (χ2v) is 5.26. The molecular weight excluding hydrogens is 323 g/mol. The van der Waals surface area contributed by atoms with Crippen LogP contribution in [0, 0.1) is 0 Å². The number of para-hydroxylation sites is 1. The van der Waals surface area contributed by atoms with Crippen molar-refractivity contribution in [1.82, 2.24) is 0 Å². The van der Waals surface area contributed by atoms with Gasteiger partial charge in [0, 0.05) is 12.0 Å². The summed E-state index contributed by atoms with van der Waals surface area (Å²) in [6.07, 6.45) is 4.44. The topological polar surface area (TPSA) is 43.4 Å². The summed E-state index contributed by atoms with van der Waals surface area (Å²) in [5.41, 5.74) is -1.09. The van der Waals surface area contributed by atoms with E-state index in [-0.39, 0.29) is 6.42 Å². The summed E-state index contributed by atoms with van der Waals surface area (Å²) in [4.78, 5) is 22.8. The van der Waals surface area contributed by atoms with E-state index in [1.807, 2.05) is 0 Å². The van der Waals surface area contributed by atoms with Crippen molar-refractivity contribution in [3.63, 3.8) is 0 Å². The average Bonchev–Trinajstić information content (AvgIpc) is 2.42. The summed E-state index contributed by atoms with van der Waals surface area (Å²) in [5.74, 6) is 0.335. The Bertz CT molecular complexity index is 622. The summed E-state index contributed by atoms with van der Waals surface area (Å²) in [5, 5.41) is -0.943. The molecule has 1 aliphatic carbocycles. The highest BCUT2D eigenvalue weighted by Gasteiger charge is 2.38. The number of hydrogen-bond acceptors (Lipinski definition) is 3. The van der Waals surface area contributed by atoms with Crippen LogP contribution in [0.2, 0.25) is 5.02 Å². The Labute approximate surface area is 130 Å². The van der Waals surface area contributed by atoms with Crippen molar-refractivity contribution in [2.45, 2.75) is 12.0 Å². The van der Waals surface area contributed by atoms with Gasteiger partial charge in [0.2, 0.25) is 5.60 Å². The lowest BCUT2D eigenvalue weighted by Crippen LogP contribution is -2.41. The molecule has 104 valence electrons. The molecule has 1 aliphatic rings. The second kappa shape index (κ2) is 6.00. The molecule has 1 unspecified atom stereocenters. The van der Waals surface area contributed by atoms with Crippen molar-refractivity contribution in [3.05, 3.63) is 53.1 Å². The van der Waals surface area contributed by atoms with Crippen LogP contribution in [0.5, 0.6) is 5.75 Å². The number of benzene rings is 1. The highest BCUT2D eigenvalue weighted by molar-refractivity contribution is 6.68. The fraction of sp³-hybridized carbons (Fsp3) is 0.143. The molecular formula is C14H9Cl3O3. The minimum absolute atomic E-state index is 0.102. The van der Waals surface area contributed by atoms with Crippen LogP contribution in [-0.4, -0.2) is 16.1 Å². The van der Waals surface area contributed by atoms with Gasteiger partial charge in [-0.1, -0.05) is 29.8 Å². The number of ether oxygens (including phenoxy) is 1. The molecule has 0 spiro atoms. The van der Waals surface area contributed by atoms with Crippen molar-refractivity contribution >= 4 is 45.3 Å². The number of halogens is 3. The molecule has 0 heterocycles. The van der Waals surface area contributed by atoms with Crippen molar-refractivity contribution in [2.24, 2.45) is 0 Å². The zero-order chi connectivity index (χ0) is 14.8. The van der Waals surface area contributed by atoms with Gasteiger partial charge in [0.25, 0.3) is 10.5 Å². The Morgan fingerprint density at radius 2 is 1.90 bits per heavy atom. The molecule has 0 fully saturated rings. The molecule has 2 rings (SSSR count). The van der Waals surface area contributed by atoms with Gasteiger partial charge in [-0.05, 0) is 47.5 Å². The van der Waals surface area contributed by atoms with Crippen molar-refractivity contribution in [2.75, 3.05) is 0 Å². The van der Waals surface area contributed by atoms with Gasteiger partial charge in [0.15, 0.2) is 0 Å². The van der Waals surface area contributed by atoms with Gasteiger partial charge in [-0.25, -0.2) is 0 Å². The van der Waals surface area contributed by atoms with Crippen LogP contribution in [0.4, 0.5) is 0 Å². The monoisotopic (exact) mass is 330 g/mol. The molecule has 0 bridgehead atoms. The standard InChI is InChI=1S/C14H9Cl3O3/c15-10-3-1-2-4-11(10)20-14(13(17)19)7-5-9(6-8-14)12(16)18/h1-7H,8H2. The van der Waals surface area contributed by atoms with Crippen molar-refractivity contribution in [3.8, 4) is 5.75 Å². The van der Waals surface area contributed by atoms with Crippen LogP contribution < -0.4 is 4.74 Å². The summed E-state index contributed by atoms with van der Waals surface area (Å²) in [6.45, 7) is 0. The highest BCUT2D eigenvalue weighted by Crippen LogP contribution is 2.33. The summed E-state index contributed by atoms with van der Waals surface area (Å²) < 4.78 is 5.66. The van der Waals surface area contributed by atoms with E-state index in [0.717, 1.165) is 0 Å². The molecule has 0 saturated carbocycles. The molecule has 0 amide bonds. The molecule has 0 radical (unpaired) electrons. The quantitative estimate of drug-likeness (QED) is 0.787. The SMILES string of the molecule is O=C(Cl)C1=CCC(Oc2ccccc2Cl)(C(=O)Cl)C=C1. The lowest BCUT2D eigenvalue weighted by Gasteiger charge is -2.29. The lowest BCUT2D eigenvalue weighted by molar-refractivity contribution is -0.122. The molecule has 6 heteroatoms. The van der Waals surface area contributed by atoms with Crippen LogP contribution in [0.1, 0.15) is 6.42 Å². The van der Waals surface area contributed by atoms with Crippen LogP contribution in [0.3, 0.4) is 0 Å².